The molecule has 0 atom stereocenters. The minimum Gasteiger partial charge on any atom is -0.481 e. The molecule has 6 nitrogen and oxygen atoms in total. The maximum Gasteiger partial charge on any atom is 0.315 e. The quantitative estimate of drug-likeness (QED) is 0.633. The monoisotopic (exact) mass is 279 g/mol. The number of aromatic nitrogens is 1. The van der Waals surface area contributed by atoms with Gasteiger partial charge in [0.2, 0.25) is 0 Å². The van der Waals surface area contributed by atoms with Crippen LogP contribution in [0.25, 0.3) is 0 Å². The van der Waals surface area contributed by atoms with E-state index in [2.05, 4.69) is 15.6 Å². The zero-order valence-electron chi connectivity index (χ0n) is 11.7. The van der Waals surface area contributed by atoms with E-state index in [9.17, 15) is 9.59 Å². The lowest BCUT2D eigenvalue weighted by Gasteiger charge is -2.09. The summed E-state index contributed by atoms with van der Waals surface area (Å²) in [7, 11) is 0. The molecule has 0 aromatic carbocycles. The van der Waals surface area contributed by atoms with Crippen LogP contribution in [0.5, 0.6) is 0 Å². The second kappa shape index (κ2) is 8.90. The summed E-state index contributed by atoms with van der Waals surface area (Å²) in [6.07, 6.45) is 5.88. The molecule has 0 fully saturated rings. The van der Waals surface area contributed by atoms with Crippen molar-refractivity contribution in [1.82, 2.24) is 15.6 Å². The SMILES string of the molecule is Cc1cnccc1CNC(=O)NCCCCCC(=O)O. The first-order chi connectivity index (χ1) is 9.59. The predicted octanol–water partition coefficient (Wildman–Crippen LogP) is 1.83. The Bertz CT molecular complexity index is 449. The Labute approximate surface area is 118 Å². The van der Waals surface area contributed by atoms with Crippen molar-refractivity contribution in [3.8, 4) is 0 Å². The summed E-state index contributed by atoms with van der Waals surface area (Å²) < 4.78 is 0. The van der Waals surface area contributed by atoms with Crippen molar-refractivity contribution in [1.29, 1.82) is 0 Å². The molecular weight excluding hydrogens is 258 g/mol. The van der Waals surface area contributed by atoms with Gasteiger partial charge in [-0.3, -0.25) is 9.78 Å². The van der Waals surface area contributed by atoms with Gasteiger partial charge in [0, 0.05) is 31.9 Å². The number of unbranched alkanes of at least 4 members (excludes halogenated alkanes) is 2. The van der Waals surface area contributed by atoms with Gasteiger partial charge in [0.25, 0.3) is 0 Å². The molecule has 0 aliphatic heterocycles. The summed E-state index contributed by atoms with van der Waals surface area (Å²) in [4.78, 5) is 25.8. The molecular formula is C14H21N3O3. The lowest BCUT2D eigenvalue weighted by Crippen LogP contribution is -2.35. The molecule has 0 unspecified atom stereocenters. The fourth-order valence-corrected chi connectivity index (χ4v) is 1.72. The van der Waals surface area contributed by atoms with Gasteiger partial charge in [0.1, 0.15) is 0 Å². The zero-order valence-corrected chi connectivity index (χ0v) is 11.7. The molecule has 1 heterocycles. The highest BCUT2D eigenvalue weighted by atomic mass is 16.4. The fraction of sp³-hybridized carbons (Fsp3) is 0.500. The number of nitrogens with zero attached hydrogens (tertiary/aromatic N) is 1. The molecule has 1 rings (SSSR count). The highest BCUT2D eigenvalue weighted by Crippen LogP contribution is 2.03. The summed E-state index contributed by atoms with van der Waals surface area (Å²) in [6.45, 7) is 2.98. The number of amides is 2. The van der Waals surface area contributed by atoms with Gasteiger partial charge >= 0.3 is 12.0 Å². The van der Waals surface area contributed by atoms with E-state index in [-0.39, 0.29) is 12.5 Å². The standard InChI is InChI=1S/C14H21N3O3/c1-11-9-15-8-6-12(11)10-17-14(20)16-7-4-2-3-5-13(18)19/h6,8-9H,2-5,7,10H2,1H3,(H,18,19)(H2,16,17,20). The number of rotatable bonds is 8. The molecule has 0 saturated heterocycles. The van der Waals surface area contributed by atoms with Crippen molar-refractivity contribution in [2.24, 2.45) is 0 Å². The van der Waals surface area contributed by atoms with Crippen LogP contribution in [0.3, 0.4) is 0 Å². The number of urea groups is 1. The van der Waals surface area contributed by atoms with Gasteiger partial charge in [-0.25, -0.2) is 4.79 Å². The summed E-state index contributed by atoms with van der Waals surface area (Å²) in [5.41, 5.74) is 2.08. The van der Waals surface area contributed by atoms with Gasteiger partial charge in [0.05, 0.1) is 0 Å². The first-order valence-corrected chi connectivity index (χ1v) is 6.72. The van der Waals surface area contributed by atoms with Crippen molar-refractivity contribution in [3.05, 3.63) is 29.6 Å². The van der Waals surface area contributed by atoms with E-state index in [0.29, 0.717) is 19.5 Å². The van der Waals surface area contributed by atoms with Crippen LogP contribution in [0.4, 0.5) is 4.79 Å². The molecule has 20 heavy (non-hydrogen) atoms. The van der Waals surface area contributed by atoms with Crippen molar-refractivity contribution in [2.45, 2.75) is 39.2 Å². The third-order valence-electron chi connectivity index (χ3n) is 2.93. The Kier molecular flexibility index (Phi) is 7.10. The molecule has 110 valence electrons. The third kappa shape index (κ3) is 6.72. The lowest BCUT2D eigenvalue weighted by molar-refractivity contribution is -0.137. The summed E-state index contributed by atoms with van der Waals surface area (Å²) >= 11 is 0. The molecule has 6 heteroatoms. The Morgan fingerprint density at radius 3 is 2.75 bits per heavy atom. The molecule has 0 radical (unpaired) electrons. The lowest BCUT2D eigenvalue weighted by atomic mass is 10.1. The van der Waals surface area contributed by atoms with Gasteiger partial charge in [-0.2, -0.15) is 0 Å². The van der Waals surface area contributed by atoms with E-state index in [1.807, 2.05) is 13.0 Å². The van der Waals surface area contributed by atoms with Crippen molar-refractivity contribution < 1.29 is 14.7 Å². The molecule has 0 aliphatic rings. The van der Waals surface area contributed by atoms with Crippen LogP contribution in [0.15, 0.2) is 18.5 Å². The van der Waals surface area contributed by atoms with Gasteiger partial charge in [0.15, 0.2) is 0 Å². The van der Waals surface area contributed by atoms with E-state index >= 15 is 0 Å². The first kappa shape index (κ1) is 15.9. The Balaban J connectivity index is 2.09. The van der Waals surface area contributed by atoms with Crippen molar-refractivity contribution >= 4 is 12.0 Å². The fourth-order valence-electron chi connectivity index (χ4n) is 1.72. The van der Waals surface area contributed by atoms with E-state index < -0.39 is 5.97 Å². The molecule has 0 saturated carbocycles. The molecule has 3 N–H and O–H groups in total. The van der Waals surface area contributed by atoms with E-state index in [1.54, 1.807) is 12.4 Å². The van der Waals surface area contributed by atoms with Crippen LogP contribution in [0, 0.1) is 6.92 Å². The number of hydrogen-bond acceptors (Lipinski definition) is 3. The minimum absolute atomic E-state index is 0.188. The number of pyridine rings is 1. The minimum atomic E-state index is -0.775. The molecule has 0 aliphatic carbocycles. The number of carbonyl (C=O) groups is 2. The highest BCUT2D eigenvalue weighted by Gasteiger charge is 2.02. The molecule has 0 bridgehead atoms. The second-order valence-corrected chi connectivity index (χ2v) is 4.62. The maximum atomic E-state index is 11.5. The van der Waals surface area contributed by atoms with Crippen LogP contribution < -0.4 is 10.6 Å². The van der Waals surface area contributed by atoms with E-state index in [4.69, 9.17) is 5.11 Å². The number of nitrogens with one attached hydrogen (secondary N) is 2. The number of aryl methyl sites for hydroxylation is 1. The number of hydrogen-bond donors (Lipinski definition) is 3. The number of aliphatic carboxylic acids is 1. The van der Waals surface area contributed by atoms with E-state index in [0.717, 1.165) is 24.0 Å². The van der Waals surface area contributed by atoms with E-state index in [1.165, 1.54) is 0 Å². The van der Waals surface area contributed by atoms with Crippen LogP contribution >= 0.6 is 0 Å². The topological polar surface area (TPSA) is 91.3 Å². The number of carboxylic acid groups (broad SMARTS) is 1. The normalized spacial score (nSPS) is 10.1. The summed E-state index contributed by atoms with van der Waals surface area (Å²) in [5.74, 6) is -0.775. The number of carbonyl (C=O) groups excluding carboxylic acids is 1. The van der Waals surface area contributed by atoms with Crippen LogP contribution in [-0.2, 0) is 11.3 Å². The molecule has 1 aromatic rings. The molecule has 1 aromatic heterocycles. The van der Waals surface area contributed by atoms with Crippen molar-refractivity contribution in [3.63, 3.8) is 0 Å². The Hall–Kier alpha value is -2.11. The van der Waals surface area contributed by atoms with Gasteiger partial charge in [-0.1, -0.05) is 6.42 Å². The van der Waals surface area contributed by atoms with Gasteiger partial charge < -0.3 is 15.7 Å². The molecule has 2 amide bonds. The average molecular weight is 279 g/mol. The van der Waals surface area contributed by atoms with Crippen LogP contribution in [0.2, 0.25) is 0 Å². The highest BCUT2D eigenvalue weighted by molar-refractivity contribution is 5.73. The second-order valence-electron chi connectivity index (χ2n) is 4.62. The summed E-state index contributed by atoms with van der Waals surface area (Å²) in [5, 5.41) is 14.0. The number of carboxylic acids is 1. The Morgan fingerprint density at radius 1 is 1.25 bits per heavy atom. The third-order valence-corrected chi connectivity index (χ3v) is 2.93. The van der Waals surface area contributed by atoms with Crippen molar-refractivity contribution in [2.75, 3.05) is 6.54 Å². The zero-order chi connectivity index (χ0) is 14.8. The molecule has 0 spiro atoms. The van der Waals surface area contributed by atoms with Gasteiger partial charge in [-0.05, 0) is 37.0 Å². The maximum absolute atomic E-state index is 11.5. The van der Waals surface area contributed by atoms with Crippen LogP contribution in [-0.4, -0.2) is 28.6 Å². The van der Waals surface area contributed by atoms with Gasteiger partial charge in [-0.15, -0.1) is 0 Å². The smallest absolute Gasteiger partial charge is 0.315 e. The largest absolute Gasteiger partial charge is 0.481 e. The average Bonchev–Trinajstić information content (AvgIpc) is 2.41. The Morgan fingerprint density at radius 2 is 2.05 bits per heavy atom. The van der Waals surface area contributed by atoms with Crippen LogP contribution in [0.1, 0.15) is 36.8 Å². The predicted molar refractivity (Wildman–Crippen MR) is 75.3 cm³/mol. The first-order valence-electron chi connectivity index (χ1n) is 6.72. The summed E-state index contributed by atoms with van der Waals surface area (Å²) in [6, 6.07) is 1.67.